The standard InChI is InChI=1S/C20H20F2N2O2S2/c1-9(2)24-19(26)16-10(3)11(4)27-18(16)23-20(24)28-12(5)17(25)13-6-7-14(21)15(22)8-13/h6-9,12H,1-5H3/t12-/m1/s1. The maximum absolute atomic E-state index is 13.5. The number of carbonyl (C=O) groups is 1. The predicted molar refractivity (Wildman–Crippen MR) is 110 cm³/mol. The zero-order chi connectivity index (χ0) is 20.7. The molecule has 4 nitrogen and oxygen atoms in total. The van der Waals surface area contributed by atoms with Crippen molar-refractivity contribution in [2.24, 2.45) is 0 Å². The Morgan fingerprint density at radius 2 is 1.86 bits per heavy atom. The Bertz CT molecular complexity index is 1140. The van der Waals surface area contributed by atoms with Crippen LogP contribution in [0.3, 0.4) is 0 Å². The van der Waals surface area contributed by atoms with Crippen LogP contribution in [0.15, 0.2) is 28.2 Å². The molecule has 8 heteroatoms. The lowest BCUT2D eigenvalue weighted by Crippen LogP contribution is -2.26. The molecule has 0 bridgehead atoms. The molecule has 0 saturated carbocycles. The van der Waals surface area contributed by atoms with Crippen molar-refractivity contribution in [1.82, 2.24) is 9.55 Å². The highest BCUT2D eigenvalue weighted by molar-refractivity contribution is 8.00. The van der Waals surface area contributed by atoms with E-state index in [4.69, 9.17) is 0 Å². The van der Waals surface area contributed by atoms with Crippen molar-refractivity contribution < 1.29 is 13.6 Å². The normalized spacial score (nSPS) is 12.7. The highest BCUT2D eigenvalue weighted by Crippen LogP contribution is 2.31. The van der Waals surface area contributed by atoms with Gasteiger partial charge in [0.05, 0.1) is 10.6 Å². The quantitative estimate of drug-likeness (QED) is 0.318. The second kappa shape index (κ2) is 7.75. The van der Waals surface area contributed by atoms with Crippen molar-refractivity contribution >= 4 is 39.1 Å². The number of benzene rings is 1. The van der Waals surface area contributed by atoms with E-state index < -0.39 is 16.9 Å². The van der Waals surface area contributed by atoms with Gasteiger partial charge in [0, 0.05) is 16.5 Å². The maximum Gasteiger partial charge on any atom is 0.263 e. The van der Waals surface area contributed by atoms with E-state index in [2.05, 4.69) is 4.98 Å². The van der Waals surface area contributed by atoms with Crippen LogP contribution in [0.5, 0.6) is 0 Å². The molecule has 0 amide bonds. The molecule has 28 heavy (non-hydrogen) atoms. The molecule has 0 fully saturated rings. The number of thiophene rings is 1. The third-order valence-electron chi connectivity index (χ3n) is 4.57. The van der Waals surface area contributed by atoms with E-state index in [9.17, 15) is 18.4 Å². The smallest absolute Gasteiger partial charge is 0.263 e. The molecule has 3 aromatic rings. The van der Waals surface area contributed by atoms with Crippen molar-refractivity contribution in [1.29, 1.82) is 0 Å². The highest BCUT2D eigenvalue weighted by Gasteiger charge is 2.24. The van der Waals surface area contributed by atoms with Crippen LogP contribution in [0, 0.1) is 25.5 Å². The lowest BCUT2D eigenvalue weighted by atomic mass is 10.1. The zero-order valence-electron chi connectivity index (χ0n) is 16.2. The minimum atomic E-state index is -1.06. The van der Waals surface area contributed by atoms with Gasteiger partial charge in [-0.15, -0.1) is 11.3 Å². The number of hydrogen-bond donors (Lipinski definition) is 0. The number of aromatic nitrogens is 2. The lowest BCUT2D eigenvalue weighted by Gasteiger charge is -2.17. The number of fused-ring (bicyclic) bond motifs is 1. The topological polar surface area (TPSA) is 52.0 Å². The Hall–Kier alpha value is -2.06. The second-order valence-corrected chi connectivity index (χ2v) is 9.39. The molecule has 0 spiro atoms. The molecule has 1 aromatic carbocycles. The summed E-state index contributed by atoms with van der Waals surface area (Å²) >= 11 is 2.60. The summed E-state index contributed by atoms with van der Waals surface area (Å²) in [5.41, 5.74) is 0.882. The van der Waals surface area contributed by atoms with Crippen LogP contribution in [0.4, 0.5) is 8.78 Å². The van der Waals surface area contributed by atoms with Gasteiger partial charge in [-0.05, 0) is 58.4 Å². The van der Waals surface area contributed by atoms with Gasteiger partial charge in [-0.2, -0.15) is 0 Å². The molecule has 1 atom stereocenters. The third-order valence-corrected chi connectivity index (χ3v) is 6.74. The Morgan fingerprint density at radius 1 is 1.18 bits per heavy atom. The summed E-state index contributed by atoms with van der Waals surface area (Å²) in [4.78, 5) is 32.1. The largest absolute Gasteiger partial charge is 0.293 e. The molecule has 2 aromatic heterocycles. The number of hydrogen-bond acceptors (Lipinski definition) is 5. The fourth-order valence-electron chi connectivity index (χ4n) is 2.92. The Labute approximate surface area is 169 Å². The summed E-state index contributed by atoms with van der Waals surface area (Å²) in [6.07, 6.45) is 0. The molecule has 0 aliphatic heterocycles. The van der Waals surface area contributed by atoms with Crippen LogP contribution in [-0.2, 0) is 0 Å². The fourth-order valence-corrected chi connectivity index (χ4v) is 5.11. The van der Waals surface area contributed by atoms with Crippen LogP contribution < -0.4 is 5.56 Å². The zero-order valence-corrected chi connectivity index (χ0v) is 17.8. The third kappa shape index (κ3) is 3.63. The van der Waals surface area contributed by atoms with E-state index in [1.807, 2.05) is 27.7 Å². The van der Waals surface area contributed by atoms with Gasteiger partial charge in [0.2, 0.25) is 0 Å². The van der Waals surface area contributed by atoms with Gasteiger partial charge >= 0.3 is 0 Å². The summed E-state index contributed by atoms with van der Waals surface area (Å²) in [6, 6.07) is 2.95. The summed E-state index contributed by atoms with van der Waals surface area (Å²) in [6.45, 7) is 9.29. The SMILES string of the molecule is Cc1sc2nc(S[C@H](C)C(=O)c3ccc(F)c(F)c3)n(C(C)C)c(=O)c2c1C. The molecular weight excluding hydrogens is 402 g/mol. The predicted octanol–water partition coefficient (Wildman–Crippen LogP) is 5.30. The monoisotopic (exact) mass is 422 g/mol. The number of Topliss-reactive ketones (excluding diaryl/α,β-unsaturated/α-hetero) is 1. The van der Waals surface area contributed by atoms with Crippen molar-refractivity contribution in [2.75, 3.05) is 0 Å². The maximum atomic E-state index is 13.5. The molecule has 0 radical (unpaired) electrons. The molecule has 3 rings (SSSR count). The summed E-state index contributed by atoms with van der Waals surface area (Å²) in [5.74, 6) is -2.42. The van der Waals surface area contributed by atoms with Crippen LogP contribution >= 0.6 is 23.1 Å². The van der Waals surface area contributed by atoms with Crippen LogP contribution in [0.1, 0.15) is 47.6 Å². The average molecular weight is 423 g/mol. The minimum absolute atomic E-state index is 0.0845. The van der Waals surface area contributed by atoms with Gasteiger partial charge in [-0.3, -0.25) is 14.2 Å². The summed E-state index contributed by atoms with van der Waals surface area (Å²) in [7, 11) is 0. The van der Waals surface area contributed by atoms with Crippen molar-refractivity contribution in [2.45, 2.75) is 51.1 Å². The number of carbonyl (C=O) groups excluding carboxylic acids is 1. The number of nitrogens with zero attached hydrogens (tertiary/aromatic N) is 2. The molecular formula is C20H20F2N2O2S2. The first kappa shape index (κ1) is 20.7. The summed E-state index contributed by atoms with van der Waals surface area (Å²) in [5, 5.41) is 0.429. The van der Waals surface area contributed by atoms with E-state index in [0.29, 0.717) is 15.4 Å². The van der Waals surface area contributed by atoms with Crippen molar-refractivity contribution in [3.8, 4) is 0 Å². The van der Waals surface area contributed by atoms with E-state index in [1.165, 1.54) is 17.4 Å². The van der Waals surface area contributed by atoms with Crippen LogP contribution in [-0.4, -0.2) is 20.6 Å². The van der Waals surface area contributed by atoms with Crippen LogP contribution in [0.2, 0.25) is 0 Å². The van der Waals surface area contributed by atoms with Crippen molar-refractivity contribution in [3.05, 3.63) is 56.2 Å². The Balaban J connectivity index is 2.03. The molecule has 0 aliphatic rings. The molecule has 0 saturated heterocycles. The van der Waals surface area contributed by atoms with E-state index in [-0.39, 0.29) is 22.9 Å². The Morgan fingerprint density at radius 3 is 2.46 bits per heavy atom. The first-order valence-electron chi connectivity index (χ1n) is 8.80. The summed E-state index contributed by atoms with van der Waals surface area (Å²) < 4.78 is 28.2. The lowest BCUT2D eigenvalue weighted by molar-refractivity contribution is 0.0993. The van der Waals surface area contributed by atoms with Gasteiger partial charge in [0.25, 0.3) is 5.56 Å². The molecule has 2 heterocycles. The number of ketones is 1. The van der Waals surface area contributed by atoms with E-state index in [1.54, 1.807) is 11.5 Å². The highest BCUT2D eigenvalue weighted by atomic mass is 32.2. The van der Waals surface area contributed by atoms with Crippen molar-refractivity contribution in [3.63, 3.8) is 0 Å². The van der Waals surface area contributed by atoms with Crippen LogP contribution in [0.25, 0.3) is 10.2 Å². The van der Waals surface area contributed by atoms with Gasteiger partial charge in [-0.25, -0.2) is 13.8 Å². The molecule has 0 unspecified atom stereocenters. The molecule has 0 aliphatic carbocycles. The number of halogens is 2. The van der Waals surface area contributed by atoms with E-state index >= 15 is 0 Å². The van der Waals surface area contributed by atoms with Gasteiger partial charge < -0.3 is 0 Å². The number of thioether (sulfide) groups is 1. The Kier molecular flexibility index (Phi) is 5.72. The van der Waals surface area contributed by atoms with Gasteiger partial charge in [-0.1, -0.05) is 11.8 Å². The fraction of sp³-hybridized carbons (Fsp3) is 0.350. The first-order chi connectivity index (χ1) is 13.1. The van der Waals surface area contributed by atoms with Gasteiger partial charge in [0.1, 0.15) is 4.83 Å². The average Bonchev–Trinajstić information content (AvgIpc) is 2.90. The second-order valence-electron chi connectivity index (χ2n) is 6.88. The van der Waals surface area contributed by atoms with E-state index in [0.717, 1.165) is 34.3 Å². The van der Waals surface area contributed by atoms with Gasteiger partial charge in [0.15, 0.2) is 22.6 Å². The molecule has 0 N–H and O–H groups in total. The molecule has 148 valence electrons. The minimum Gasteiger partial charge on any atom is -0.293 e. The first-order valence-corrected chi connectivity index (χ1v) is 10.5. The number of aryl methyl sites for hydroxylation is 2. The number of rotatable bonds is 5.